The number of ether oxygens (including phenoxy) is 1. The van der Waals surface area contributed by atoms with Gasteiger partial charge in [-0.15, -0.1) is 11.8 Å². The summed E-state index contributed by atoms with van der Waals surface area (Å²) in [6.45, 7) is 1.87. The fourth-order valence-electron chi connectivity index (χ4n) is 1.39. The molecule has 0 amide bonds. The number of methoxy groups -OCH3 is 1. The van der Waals surface area contributed by atoms with Gasteiger partial charge in [-0.25, -0.2) is 0 Å². The molecule has 84 valence electrons. The zero-order chi connectivity index (χ0) is 10.9. The Kier molecular flexibility index (Phi) is 6.28. The second-order valence-electron chi connectivity index (χ2n) is 3.33. The number of para-hydroxylation sites is 1. The molecule has 1 aromatic rings. The lowest BCUT2D eigenvalue weighted by molar-refractivity contribution is 0.194. The van der Waals surface area contributed by atoms with Crippen LogP contribution in [0.4, 0.5) is 5.69 Å². The lowest BCUT2D eigenvalue weighted by Gasteiger charge is -2.09. The normalized spacial score (nSPS) is 10.3. The molecule has 0 saturated heterocycles. The maximum absolute atomic E-state index is 5.01. The molecular formula is C12H19NOS. The number of hydrogen-bond donors (Lipinski definition) is 1. The van der Waals surface area contributed by atoms with E-state index in [0.29, 0.717) is 0 Å². The summed E-state index contributed by atoms with van der Waals surface area (Å²) in [4.78, 5) is 1.31. The molecule has 0 aromatic heterocycles. The van der Waals surface area contributed by atoms with Crippen LogP contribution in [-0.4, -0.2) is 26.5 Å². The van der Waals surface area contributed by atoms with E-state index in [1.807, 2.05) is 0 Å². The van der Waals surface area contributed by atoms with E-state index in [2.05, 4.69) is 35.8 Å². The zero-order valence-corrected chi connectivity index (χ0v) is 10.3. The minimum absolute atomic E-state index is 0.853. The van der Waals surface area contributed by atoms with Gasteiger partial charge in [0.2, 0.25) is 0 Å². The predicted molar refractivity (Wildman–Crippen MR) is 67.8 cm³/mol. The van der Waals surface area contributed by atoms with E-state index < -0.39 is 0 Å². The van der Waals surface area contributed by atoms with Crippen LogP contribution in [0.15, 0.2) is 29.2 Å². The standard InChI is InChI=1S/C12H19NOS/c1-14-10-6-5-9-13-11-7-3-4-8-12(11)15-2/h3-4,7-8,13H,5-6,9-10H2,1-2H3. The van der Waals surface area contributed by atoms with Gasteiger partial charge in [-0.3, -0.25) is 0 Å². The van der Waals surface area contributed by atoms with Crippen molar-refractivity contribution in [3.05, 3.63) is 24.3 Å². The van der Waals surface area contributed by atoms with Gasteiger partial charge in [-0.2, -0.15) is 0 Å². The van der Waals surface area contributed by atoms with Gasteiger partial charge in [0.1, 0.15) is 0 Å². The SMILES string of the molecule is COCCCCNc1ccccc1SC. The summed E-state index contributed by atoms with van der Waals surface area (Å²) in [5.41, 5.74) is 1.24. The summed E-state index contributed by atoms with van der Waals surface area (Å²) in [7, 11) is 1.75. The van der Waals surface area contributed by atoms with E-state index >= 15 is 0 Å². The molecule has 1 aromatic carbocycles. The average molecular weight is 225 g/mol. The van der Waals surface area contributed by atoms with Crippen LogP contribution < -0.4 is 5.32 Å². The summed E-state index contributed by atoms with van der Waals surface area (Å²) in [6, 6.07) is 8.41. The Morgan fingerprint density at radius 1 is 1.27 bits per heavy atom. The number of rotatable bonds is 7. The first-order valence-corrected chi connectivity index (χ1v) is 6.46. The first kappa shape index (κ1) is 12.4. The van der Waals surface area contributed by atoms with Crippen LogP contribution in [0, 0.1) is 0 Å². The van der Waals surface area contributed by atoms with Gasteiger partial charge in [0.05, 0.1) is 0 Å². The molecule has 0 aliphatic carbocycles. The fourth-order valence-corrected chi connectivity index (χ4v) is 1.96. The summed E-state index contributed by atoms with van der Waals surface area (Å²) >= 11 is 1.78. The van der Waals surface area contributed by atoms with Crippen molar-refractivity contribution < 1.29 is 4.74 Å². The Bertz CT molecular complexity index is 278. The molecule has 0 aliphatic rings. The molecule has 3 heteroatoms. The summed E-state index contributed by atoms with van der Waals surface area (Å²) in [6.07, 6.45) is 4.37. The number of unbranched alkanes of at least 4 members (excludes halogenated alkanes) is 1. The van der Waals surface area contributed by atoms with Crippen molar-refractivity contribution in [3.8, 4) is 0 Å². The lowest BCUT2D eigenvalue weighted by atomic mass is 10.3. The van der Waals surface area contributed by atoms with Gasteiger partial charge < -0.3 is 10.1 Å². The summed E-state index contributed by atoms with van der Waals surface area (Å²) in [5.74, 6) is 0. The molecule has 0 bridgehead atoms. The van der Waals surface area contributed by atoms with Crippen LogP contribution in [0.2, 0.25) is 0 Å². The number of nitrogens with one attached hydrogen (secondary N) is 1. The van der Waals surface area contributed by atoms with Crippen molar-refractivity contribution in [2.75, 3.05) is 31.8 Å². The number of hydrogen-bond acceptors (Lipinski definition) is 3. The van der Waals surface area contributed by atoms with Crippen molar-refractivity contribution in [2.24, 2.45) is 0 Å². The van der Waals surface area contributed by atoms with Crippen LogP contribution in [0.1, 0.15) is 12.8 Å². The maximum Gasteiger partial charge on any atom is 0.0478 e. The molecule has 0 spiro atoms. The van der Waals surface area contributed by atoms with Crippen LogP contribution in [0.25, 0.3) is 0 Å². The van der Waals surface area contributed by atoms with Gasteiger partial charge in [0.25, 0.3) is 0 Å². The molecule has 0 saturated carbocycles. The maximum atomic E-state index is 5.01. The molecule has 0 heterocycles. The predicted octanol–water partition coefficient (Wildman–Crippen LogP) is 3.25. The Labute approximate surface area is 96.4 Å². The highest BCUT2D eigenvalue weighted by Gasteiger charge is 1.98. The van der Waals surface area contributed by atoms with Gasteiger partial charge in [-0.1, -0.05) is 12.1 Å². The van der Waals surface area contributed by atoms with Gasteiger partial charge in [-0.05, 0) is 31.2 Å². The van der Waals surface area contributed by atoms with Crippen LogP contribution in [0.5, 0.6) is 0 Å². The second-order valence-corrected chi connectivity index (χ2v) is 4.18. The monoisotopic (exact) mass is 225 g/mol. The number of benzene rings is 1. The molecule has 2 nitrogen and oxygen atoms in total. The first-order chi connectivity index (χ1) is 7.38. The highest BCUT2D eigenvalue weighted by Crippen LogP contribution is 2.24. The molecule has 0 aliphatic heterocycles. The highest BCUT2D eigenvalue weighted by atomic mass is 32.2. The van der Waals surface area contributed by atoms with E-state index in [1.54, 1.807) is 18.9 Å². The van der Waals surface area contributed by atoms with Crippen LogP contribution >= 0.6 is 11.8 Å². The molecule has 0 fully saturated rings. The molecule has 0 radical (unpaired) electrons. The van der Waals surface area contributed by atoms with Gasteiger partial charge in [0.15, 0.2) is 0 Å². The van der Waals surface area contributed by atoms with Crippen molar-refractivity contribution in [1.29, 1.82) is 0 Å². The molecule has 15 heavy (non-hydrogen) atoms. The third-order valence-corrected chi connectivity index (χ3v) is 2.99. The lowest BCUT2D eigenvalue weighted by Crippen LogP contribution is -2.03. The zero-order valence-electron chi connectivity index (χ0n) is 9.45. The minimum Gasteiger partial charge on any atom is -0.385 e. The second kappa shape index (κ2) is 7.60. The first-order valence-electron chi connectivity index (χ1n) is 5.24. The topological polar surface area (TPSA) is 21.3 Å². The highest BCUT2D eigenvalue weighted by molar-refractivity contribution is 7.98. The largest absolute Gasteiger partial charge is 0.385 e. The van der Waals surface area contributed by atoms with Gasteiger partial charge >= 0.3 is 0 Å². The van der Waals surface area contributed by atoms with Crippen molar-refractivity contribution in [2.45, 2.75) is 17.7 Å². The van der Waals surface area contributed by atoms with Crippen LogP contribution in [-0.2, 0) is 4.74 Å². The molecule has 0 unspecified atom stereocenters. The quantitative estimate of drug-likeness (QED) is 0.568. The van der Waals surface area contributed by atoms with E-state index in [4.69, 9.17) is 4.74 Å². The smallest absolute Gasteiger partial charge is 0.0478 e. The number of thioether (sulfide) groups is 1. The Morgan fingerprint density at radius 2 is 2.07 bits per heavy atom. The third-order valence-electron chi connectivity index (χ3n) is 2.20. The third kappa shape index (κ3) is 4.58. The Morgan fingerprint density at radius 3 is 2.80 bits per heavy atom. The average Bonchev–Trinajstić information content (AvgIpc) is 2.29. The van der Waals surface area contributed by atoms with Crippen molar-refractivity contribution in [1.82, 2.24) is 0 Å². The van der Waals surface area contributed by atoms with Crippen molar-refractivity contribution >= 4 is 17.4 Å². The Balaban J connectivity index is 2.30. The van der Waals surface area contributed by atoms with Crippen LogP contribution in [0.3, 0.4) is 0 Å². The van der Waals surface area contributed by atoms with E-state index in [9.17, 15) is 0 Å². The molecule has 0 atom stereocenters. The van der Waals surface area contributed by atoms with E-state index in [0.717, 1.165) is 26.0 Å². The Hall–Kier alpha value is -0.670. The summed E-state index contributed by atoms with van der Waals surface area (Å²) < 4.78 is 5.01. The summed E-state index contributed by atoms with van der Waals surface area (Å²) in [5, 5.41) is 3.45. The fraction of sp³-hybridized carbons (Fsp3) is 0.500. The van der Waals surface area contributed by atoms with E-state index in [1.165, 1.54) is 10.6 Å². The minimum atomic E-state index is 0.853. The molecule has 1 rings (SSSR count). The molecule has 1 N–H and O–H groups in total. The van der Waals surface area contributed by atoms with Crippen molar-refractivity contribution in [3.63, 3.8) is 0 Å². The van der Waals surface area contributed by atoms with E-state index in [-0.39, 0.29) is 0 Å². The molecular weight excluding hydrogens is 206 g/mol. The van der Waals surface area contributed by atoms with Gasteiger partial charge in [0, 0.05) is 30.8 Å². The number of anilines is 1.